The topological polar surface area (TPSA) is 33.1 Å². The van der Waals surface area contributed by atoms with Gasteiger partial charge in [0.05, 0.1) is 11.1 Å². The highest BCUT2D eigenvalue weighted by Crippen LogP contribution is 2.24. The summed E-state index contributed by atoms with van der Waals surface area (Å²) in [4.78, 5) is 3.95. The standard InChI is InChI=1S/C13H20ClNO/c1-13(2,3)12(16)6-4-5-10-7-8-15-9-11(10)14/h7-9,12,16H,4-6H2,1-3H3. The Bertz CT molecular complexity index is 333. The highest BCUT2D eigenvalue weighted by atomic mass is 35.5. The number of pyridine rings is 1. The molecule has 2 nitrogen and oxygen atoms in total. The van der Waals surface area contributed by atoms with Crippen LogP contribution in [0.25, 0.3) is 0 Å². The van der Waals surface area contributed by atoms with Crippen LogP contribution in [0, 0.1) is 5.41 Å². The average molecular weight is 242 g/mol. The predicted octanol–water partition coefficient (Wildman–Crippen LogP) is 3.46. The van der Waals surface area contributed by atoms with Crippen LogP contribution in [0.4, 0.5) is 0 Å². The zero-order valence-corrected chi connectivity index (χ0v) is 11.0. The van der Waals surface area contributed by atoms with Gasteiger partial charge in [0, 0.05) is 12.4 Å². The summed E-state index contributed by atoms with van der Waals surface area (Å²) in [5, 5.41) is 10.6. The first kappa shape index (κ1) is 13.5. The lowest BCUT2D eigenvalue weighted by Gasteiger charge is -2.25. The molecule has 0 spiro atoms. The second kappa shape index (κ2) is 5.65. The molecule has 1 aromatic rings. The molecule has 3 heteroatoms. The fourth-order valence-corrected chi connectivity index (χ4v) is 1.74. The van der Waals surface area contributed by atoms with Gasteiger partial charge < -0.3 is 5.11 Å². The third-order valence-corrected chi connectivity index (χ3v) is 3.12. The Labute approximate surface area is 103 Å². The maximum atomic E-state index is 9.89. The van der Waals surface area contributed by atoms with Crippen LogP contribution in [-0.4, -0.2) is 16.2 Å². The molecule has 0 radical (unpaired) electrons. The first-order chi connectivity index (χ1) is 7.41. The fourth-order valence-electron chi connectivity index (χ4n) is 1.53. The van der Waals surface area contributed by atoms with Crippen LogP contribution in [0.1, 0.15) is 39.2 Å². The van der Waals surface area contributed by atoms with Crippen LogP contribution in [-0.2, 0) is 6.42 Å². The molecule has 0 aliphatic carbocycles. The maximum Gasteiger partial charge on any atom is 0.0621 e. The van der Waals surface area contributed by atoms with Gasteiger partial charge in [-0.1, -0.05) is 32.4 Å². The summed E-state index contributed by atoms with van der Waals surface area (Å²) < 4.78 is 0. The molecule has 1 rings (SSSR count). The molecule has 1 atom stereocenters. The van der Waals surface area contributed by atoms with Crippen molar-refractivity contribution in [3.05, 3.63) is 29.0 Å². The SMILES string of the molecule is CC(C)(C)C(O)CCCc1ccncc1Cl. The van der Waals surface area contributed by atoms with Gasteiger partial charge in [-0.25, -0.2) is 0 Å². The van der Waals surface area contributed by atoms with Gasteiger partial charge in [0.15, 0.2) is 0 Å². The van der Waals surface area contributed by atoms with E-state index in [0.717, 1.165) is 24.8 Å². The van der Waals surface area contributed by atoms with E-state index in [1.54, 1.807) is 12.4 Å². The maximum absolute atomic E-state index is 9.89. The second-order valence-corrected chi connectivity index (χ2v) is 5.65. The van der Waals surface area contributed by atoms with Crippen molar-refractivity contribution in [1.82, 2.24) is 4.98 Å². The minimum atomic E-state index is -0.256. The Morgan fingerprint density at radius 3 is 2.69 bits per heavy atom. The first-order valence-corrected chi connectivity index (χ1v) is 6.05. The molecule has 1 heterocycles. The van der Waals surface area contributed by atoms with E-state index in [-0.39, 0.29) is 11.5 Å². The van der Waals surface area contributed by atoms with E-state index in [2.05, 4.69) is 25.8 Å². The zero-order valence-electron chi connectivity index (χ0n) is 10.2. The number of aromatic nitrogens is 1. The largest absolute Gasteiger partial charge is 0.393 e. The van der Waals surface area contributed by atoms with E-state index in [0.29, 0.717) is 5.02 Å². The molecule has 0 fully saturated rings. The summed E-state index contributed by atoms with van der Waals surface area (Å²) in [7, 11) is 0. The molecule has 0 amide bonds. The quantitative estimate of drug-likeness (QED) is 0.876. The number of halogens is 1. The minimum absolute atomic E-state index is 0.0396. The third-order valence-electron chi connectivity index (χ3n) is 2.78. The summed E-state index contributed by atoms with van der Waals surface area (Å²) in [6.07, 6.45) is 5.81. The van der Waals surface area contributed by atoms with Crippen molar-refractivity contribution in [1.29, 1.82) is 0 Å². The second-order valence-electron chi connectivity index (χ2n) is 5.24. The molecule has 1 aromatic heterocycles. The van der Waals surface area contributed by atoms with Gasteiger partial charge in [-0.05, 0) is 36.3 Å². The summed E-state index contributed by atoms with van der Waals surface area (Å²) in [5.41, 5.74) is 1.07. The highest BCUT2D eigenvalue weighted by Gasteiger charge is 2.21. The van der Waals surface area contributed by atoms with Crippen molar-refractivity contribution >= 4 is 11.6 Å². The predicted molar refractivity (Wildman–Crippen MR) is 67.6 cm³/mol. The molecular weight excluding hydrogens is 222 g/mol. The number of rotatable bonds is 4. The van der Waals surface area contributed by atoms with Crippen LogP contribution in [0.15, 0.2) is 18.5 Å². The molecule has 16 heavy (non-hydrogen) atoms. The molecule has 0 aliphatic heterocycles. The number of aliphatic hydroxyl groups excluding tert-OH is 1. The number of nitrogens with zero attached hydrogens (tertiary/aromatic N) is 1. The molecule has 90 valence electrons. The summed E-state index contributed by atoms with van der Waals surface area (Å²) in [6.45, 7) is 6.16. The lowest BCUT2D eigenvalue weighted by atomic mass is 9.86. The van der Waals surface area contributed by atoms with Gasteiger partial charge >= 0.3 is 0 Å². The number of aryl methyl sites for hydroxylation is 1. The molecule has 0 aliphatic rings. The van der Waals surface area contributed by atoms with Crippen molar-refractivity contribution in [2.24, 2.45) is 5.41 Å². The third kappa shape index (κ3) is 4.11. The minimum Gasteiger partial charge on any atom is -0.393 e. The molecule has 0 saturated heterocycles. The van der Waals surface area contributed by atoms with Crippen molar-refractivity contribution in [2.75, 3.05) is 0 Å². The lowest BCUT2D eigenvalue weighted by molar-refractivity contribution is 0.0540. The van der Waals surface area contributed by atoms with Crippen molar-refractivity contribution in [3.8, 4) is 0 Å². The number of aliphatic hydroxyl groups is 1. The van der Waals surface area contributed by atoms with Crippen molar-refractivity contribution in [3.63, 3.8) is 0 Å². The first-order valence-electron chi connectivity index (χ1n) is 5.67. The van der Waals surface area contributed by atoms with Crippen LogP contribution in [0.5, 0.6) is 0 Å². The van der Waals surface area contributed by atoms with E-state index < -0.39 is 0 Å². The van der Waals surface area contributed by atoms with Crippen LogP contribution < -0.4 is 0 Å². The monoisotopic (exact) mass is 241 g/mol. The molecular formula is C13H20ClNO. The van der Waals surface area contributed by atoms with E-state index in [1.165, 1.54) is 0 Å². The summed E-state index contributed by atoms with van der Waals surface area (Å²) in [6, 6.07) is 1.94. The summed E-state index contributed by atoms with van der Waals surface area (Å²) in [5.74, 6) is 0. The smallest absolute Gasteiger partial charge is 0.0621 e. The molecule has 0 bridgehead atoms. The normalized spacial score (nSPS) is 13.8. The van der Waals surface area contributed by atoms with Gasteiger partial charge in [0.2, 0.25) is 0 Å². The fraction of sp³-hybridized carbons (Fsp3) is 0.615. The van der Waals surface area contributed by atoms with Crippen LogP contribution >= 0.6 is 11.6 Å². The van der Waals surface area contributed by atoms with Gasteiger partial charge in [0.25, 0.3) is 0 Å². The molecule has 1 unspecified atom stereocenters. The van der Waals surface area contributed by atoms with Crippen molar-refractivity contribution < 1.29 is 5.11 Å². The van der Waals surface area contributed by atoms with E-state index in [9.17, 15) is 5.11 Å². The Balaban J connectivity index is 2.40. The lowest BCUT2D eigenvalue weighted by Crippen LogP contribution is -2.25. The molecule has 1 N–H and O–H groups in total. The Morgan fingerprint density at radius 1 is 1.44 bits per heavy atom. The van der Waals surface area contributed by atoms with Crippen LogP contribution in [0.2, 0.25) is 5.02 Å². The Kier molecular flexibility index (Phi) is 4.75. The van der Waals surface area contributed by atoms with E-state index >= 15 is 0 Å². The molecule has 0 aromatic carbocycles. The Hall–Kier alpha value is -0.600. The van der Waals surface area contributed by atoms with E-state index in [4.69, 9.17) is 11.6 Å². The zero-order chi connectivity index (χ0) is 12.2. The number of hydrogen-bond donors (Lipinski definition) is 1. The van der Waals surface area contributed by atoms with E-state index in [1.807, 2.05) is 6.07 Å². The van der Waals surface area contributed by atoms with Gasteiger partial charge in [-0.3, -0.25) is 4.98 Å². The summed E-state index contributed by atoms with van der Waals surface area (Å²) >= 11 is 6.00. The van der Waals surface area contributed by atoms with Gasteiger partial charge in [0.1, 0.15) is 0 Å². The van der Waals surface area contributed by atoms with Gasteiger partial charge in [-0.15, -0.1) is 0 Å². The van der Waals surface area contributed by atoms with Crippen LogP contribution in [0.3, 0.4) is 0 Å². The molecule has 0 saturated carbocycles. The van der Waals surface area contributed by atoms with Crippen molar-refractivity contribution in [2.45, 2.75) is 46.1 Å². The van der Waals surface area contributed by atoms with Gasteiger partial charge in [-0.2, -0.15) is 0 Å². The highest BCUT2D eigenvalue weighted by molar-refractivity contribution is 6.31. The number of hydrogen-bond acceptors (Lipinski definition) is 2. The average Bonchev–Trinajstić information content (AvgIpc) is 2.19. The Morgan fingerprint density at radius 2 is 2.12 bits per heavy atom.